The van der Waals surface area contributed by atoms with E-state index >= 15 is 0 Å². The van der Waals surface area contributed by atoms with Crippen LogP contribution in [-0.2, 0) is 7.05 Å². The van der Waals surface area contributed by atoms with Crippen LogP contribution in [0.25, 0.3) is 0 Å². The molecular formula is C10H11N5O2. The number of hydrogen-bond donors (Lipinski definition) is 3. The van der Waals surface area contributed by atoms with Crippen LogP contribution in [0.4, 0.5) is 11.4 Å². The number of aromatic amines is 1. The molecule has 0 aliphatic rings. The molecule has 0 saturated heterocycles. The van der Waals surface area contributed by atoms with Gasteiger partial charge in [0.05, 0.1) is 17.6 Å². The molecule has 0 saturated carbocycles. The van der Waals surface area contributed by atoms with Crippen molar-refractivity contribution in [2.75, 3.05) is 11.1 Å². The highest BCUT2D eigenvalue weighted by Crippen LogP contribution is 2.10. The summed E-state index contributed by atoms with van der Waals surface area (Å²) in [5.41, 5.74) is 6.36. The first-order valence-corrected chi connectivity index (χ1v) is 4.85. The van der Waals surface area contributed by atoms with Gasteiger partial charge in [-0.15, -0.1) is 0 Å². The summed E-state index contributed by atoms with van der Waals surface area (Å²) in [6.45, 7) is 0. The summed E-state index contributed by atoms with van der Waals surface area (Å²) in [5.74, 6) is -0.404. The zero-order valence-electron chi connectivity index (χ0n) is 9.10. The fourth-order valence-electron chi connectivity index (χ4n) is 1.34. The normalized spacial score (nSPS) is 10.2. The molecule has 0 atom stereocenters. The van der Waals surface area contributed by atoms with Gasteiger partial charge in [0.15, 0.2) is 0 Å². The van der Waals surface area contributed by atoms with Gasteiger partial charge < -0.3 is 15.6 Å². The zero-order chi connectivity index (χ0) is 12.4. The number of anilines is 2. The number of nitrogens with two attached hydrogens (primary N) is 1. The number of nitrogen functional groups attached to an aromatic ring is 1. The minimum absolute atomic E-state index is 0.149. The molecule has 4 N–H and O–H groups in total. The van der Waals surface area contributed by atoms with Crippen molar-refractivity contribution in [1.29, 1.82) is 0 Å². The first kappa shape index (κ1) is 10.9. The molecule has 0 fully saturated rings. The molecule has 0 bridgehead atoms. The van der Waals surface area contributed by atoms with E-state index in [0.29, 0.717) is 5.69 Å². The number of carbonyl (C=O) groups is 1. The van der Waals surface area contributed by atoms with Crippen LogP contribution in [-0.4, -0.2) is 20.7 Å². The molecule has 88 valence electrons. The molecule has 7 nitrogen and oxygen atoms in total. The lowest BCUT2D eigenvalue weighted by molar-refractivity contribution is 0.102. The number of rotatable bonds is 2. The number of nitrogens with one attached hydrogen (secondary N) is 2. The third-order valence-electron chi connectivity index (χ3n) is 2.24. The molecule has 2 rings (SSSR count). The summed E-state index contributed by atoms with van der Waals surface area (Å²) in [6.07, 6.45) is 2.88. The van der Waals surface area contributed by atoms with Gasteiger partial charge in [0.2, 0.25) is 5.56 Å². The second kappa shape index (κ2) is 4.12. The maximum Gasteiger partial charge on any atom is 0.275 e. The quantitative estimate of drug-likeness (QED) is 0.675. The Kier molecular flexibility index (Phi) is 2.65. The number of hydrogen-bond acceptors (Lipinski definition) is 4. The van der Waals surface area contributed by atoms with Gasteiger partial charge in [-0.2, -0.15) is 5.10 Å². The lowest BCUT2D eigenvalue weighted by atomic mass is 10.3. The third-order valence-corrected chi connectivity index (χ3v) is 2.24. The number of pyridine rings is 1. The van der Waals surface area contributed by atoms with Gasteiger partial charge in [-0.1, -0.05) is 0 Å². The van der Waals surface area contributed by atoms with E-state index < -0.39 is 5.91 Å². The Morgan fingerprint density at radius 2 is 2.29 bits per heavy atom. The molecular weight excluding hydrogens is 222 g/mol. The molecule has 2 aromatic heterocycles. The van der Waals surface area contributed by atoms with Crippen LogP contribution in [0.3, 0.4) is 0 Å². The second-order valence-electron chi connectivity index (χ2n) is 3.52. The van der Waals surface area contributed by atoms with Gasteiger partial charge in [-0.05, 0) is 6.07 Å². The minimum Gasteiger partial charge on any atom is -0.396 e. The molecule has 0 spiro atoms. The maximum atomic E-state index is 11.7. The molecule has 0 aromatic carbocycles. The predicted octanol–water partition coefficient (Wildman–Crippen LogP) is -0.0571. The minimum atomic E-state index is -0.404. The average Bonchev–Trinajstić information content (AvgIpc) is 2.70. The van der Waals surface area contributed by atoms with Crippen molar-refractivity contribution in [3.8, 4) is 0 Å². The van der Waals surface area contributed by atoms with Crippen molar-refractivity contribution in [2.45, 2.75) is 0 Å². The van der Waals surface area contributed by atoms with Crippen molar-refractivity contribution in [3.63, 3.8) is 0 Å². The fraction of sp³-hybridized carbons (Fsp3) is 0.100. The summed E-state index contributed by atoms with van der Waals surface area (Å²) >= 11 is 0. The van der Waals surface area contributed by atoms with Crippen molar-refractivity contribution >= 4 is 17.3 Å². The van der Waals surface area contributed by atoms with E-state index in [1.807, 2.05) is 0 Å². The average molecular weight is 233 g/mol. The monoisotopic (exact) mass is 233 g/mol. The van der Waals surface area contributed by atoms with Gasteiger partial charge in [-0.25, -0.2) is 0 Å². The first-order chi connectivity index (χ1) is 8.08. The Bertz CT molecular complexity index is 613. The summed E-state index contributed by atoms with van der Waals surface area (Å²) in [5, 5.41) is 8.75. The Morgan fingerprint density at radius 1 is 1.53 bits per heavy atom. The molecule has 1 amide bonds. The van der Waals surface area contributed by atoms with E-state index in [-0.39, 0.29) is 16.9 Å². The predicted molar refractivity (Wildman–Crippen MR) is 62.6 cm³/mol. The maximum absolute atomic E-state index is 11.7. The van der Waals surface area contributed by atoms with Gasteiger partial charge in [0.1, 0.15) is 5.69 Å². The fourth-order valence-corrected chi connectivity index (χ4v) is 1.34. The van der Waals surface area contributed by atoms with Crippen LogP contribution in [0.15, 0.2) is 29.3 Å². The van der Waals surface area contributed by atoms with Crippen LogP contribution in [0.2, 0.25) is 0 Å². The highest BCUT2D eigenvalue weighted by atomic mass is 16.2. The molecule has 2 heterocycles. The summed E-state index contributed by atoms with van der Waals surface area (Å²) in [6, 6.07) is 2.89. The van der Waals surface area contributed by atoms with Crippen molar-refractivity contribution in [3.05, 3.63) is 40.6 Å². The second-order valence-corrected chi connectivity index (χ2v) is 3.52. The number of amides is 1. The zero-order valence-corrected chi connectivity index (χ0v) is 9.10. The summed E-state index contributed by atoms with van der Waals surface area (Å²) < 4.78 is 1.37. The smallest absolute Gasteiger partial charge is 0.275 e. The number of aromatic nitrogens is 3. The van der Waals surface area contributed by atoms with Gasteiger partial charge in [-0.3, -0.25) is 14.7 Å². The van der Waals surface area contributed by atoms with Crippen LogP contribution >= 0.6 is 0 Å². The van der Waals surface area contributed by atoms with E-state index in [9.17, 15) is 9.59 Å². The largest absolute Gasteiger partial charge is 0.396 e. The van der Waals surface area contributed by atoms with E-state index in [1.165, 1.54) is 29.1 Å². The van der Waals surface area contributed by atoms with Crippen molar-refractivity contribution < 1.29 is 4.79 Å². The topological polar surface area (TPSA) is 106 Å². The standard InChI is InChI=1S/C10H11N5O2/c1-15-5-6(2-3-8(15)16)13-10(17)9-7(11)4-12-14-9/h2-5H,11H2,1H3,(H,12,14)(H,13,17). The Morgan fingerprint density at radius 3 is 2.88 bits per heavy atom. The number of carbonyl (C=O) groups excluding carboxylic acids is 1. The Labute approximate surface area is 96.3 Å². The van der Waals surface area contributed by atoms with E-state index in [4.69, 9.17) is 5.73 Å². The summed E-state index contributed by atoms with van der Waals surface area (Å²) in [4.78, 5) is 22.9. The highest BCUT2D eigenvalue weighted by molar-refractivity contribution is 6.05. The Balaban J connectivity index is 2.22. The molecule has 17 heavy (non-hydrogen) atoms. The third kappa shape index (κ3) is 2.17. The SMILES string of the molecule is Cn1cc(NC(=O)c2[nH]ncc2N)ccc1=O. The number of H-pyrrole nitrogens is 1. The number of nitrogens with zero attached hydrogens (tertiary/aromatic N) is 2. The molecule has 0 radical (unpaired) electrons. The van der Waals surface area contributed by atoms with Crippen molar-refractivity contribution in [1.82, 2.24) is 14.8 Å². The van der Waals surface area contributed by atoms with Gasteiger partial charge >= 0.3 is 0 Å². The van der Waals surface area contributed by atoms with Crippen LogP contribution < -0.4 is 16.6 Å². The lowest BCUT2D eigenvalue weighted by Gasteiger charge is -2.05. The van der Waals surface area contributed by atoms with Crippen LogP contribution in [0, 0.1) is 0 Å². The molecule has 0 unspecified atom stereocenters. The van der Waals surface area contributed by atoms with Gasteiger partial charge in [0.25, 0.3) is 5.91 Å². The highest BCUT2D eigenvalue weighted by Gasteiger charge is 2.11. The van der Waals surface area contributed by atoms with Gasteiger partial charge in [0, 0.05) is 19.3 Å². The Hall–Kier alpha value is -2.57. The lowest BCUT2D eigenvalue weighted by Crippen LogP contribution is -2.18. The summed E-state index contributed by atoms with van der Waals surface area (Å²) in [7, 11) is 1.60. The molecule has 7 heteroatoms. The number of aryl methyl sites for hydroxylation is 1. The first-order valence-electron chi connectivity index (χ1n) is 4.85. The molecule has 0 aliphatic carbocycles. The van der Waals surface area contributed by atoms with E-state index in [1.54, 1.807) is 7.05 Å². The van der Waals surface area contributed by atoms with Crippen LogP contribution in [0.5, 0.6) is 0 Å². The van der Waals surface area contributed by atoms with E-state index in [2.05, 4.69) is 15.5 Å². The molecule has 2 aromatic rings. The molecule has 0 aliphatic heterocycles. The van der Waals surface area contributed by atoms with E-state index in [0.717, 1.165) is 0 Å². The van der Waals surface area contributed by atoms with Crippen molar-refractivity contribution in [2.24, 2.45) is 7.05 Å². The van der Waals surface area contributed by atoms with Crippen LogP contribution in [0.1, 0.15) is 10.5 Å².